The van der Waals surface area contributed by atoms with E-state index in [1.165, 1.54) is 12.1 Å². The third-order valence-corrected chi connectivity index (χ3v) is 3.29. The zero-order chi connectivity index (χ0) is 13.3. The summed E-state index contributed by atoms with van der Waals surface area (Å²) in [4.78, 5) is 12.4. The van der Waals surface area contributed by atoms with Crippen molar-refractivity contribution in [2.45, 2.75) is 20.8 Å². The summed E-state index contributed by atoms with van der Waals surface area (Å²) in [7, 11) is 0. The zero-order valence-electron chi connectivity index (χ0n) is 10.8. The first-order chi connectivity index (χ1) is 8.50. The van der Waals surface area contributed by atoms with E-state index in [0.717, 1.165) is 16.7 Å². The van der Waals surface area contributed by atoms with E-state index in [1.54, 1.807) is 12.1 Å². The Bertz CT molecular complexity index is 610. The summed E-state index contributed by atoms with van der Waals surface area (Å²) < 4.78 is 13.3. The molecule has 0 spiro atoms. The molecule has 2 aromatic rings. The predicted octanol–water partition coefficient (Wildman–Crippen LogP) is 3.98. The monoisotopic (exact) mass is 242 g/mol. The molecule has 0 aliphatic heterocycles. The van der Waals surface area contributed by atoms with Crippen LogP contribution in [0.3, 0.4) is 0 Å². The molecule has 0 aliphatic rings. The Morgan fingerprint density at radius 1 is 0.944 bits per heavy atom. The van der Waals surface area contributed by atoms with Crippen LogP contribution in [-0.2, 0) is 0 Å². The van der Waals surface area contributed by atoms with E-state index in [2.05, 4.69) is 0 Å². The molecule has 2 aromatic carbocycles. The number of ketones is 1. The van der Waals surface area contributed by atoms with Gasteiger partial charge in [0.15, 0.2) is 5.78 Å². The molecule has 0 radical (unpaired) electrons. The Morgan fingerprint density at radius 3 is 2.39 bits per heavy atom. The number of carbonyl (C=O) groups excluding carboxylic acids is 1. The molecule has 0 N–H and O–H groups in total. The molecule has 0 aliphatic carbocycles. The van der Waals surface area contributed by atoms with E-state index in [-0.39, 0.29) is 11.6 Å². The molecule has 0 unspecified atom stereocenters. The maximum atomic E-state index is 13.3. The van der Waals surface area contributed by atoms with Gasteiger partial charge in [-0.1, -0.05) is 24.3 Å². The molecule has 0 amide bonds. The summed E-state index contributed by atoms with van der Waals surface area (Å²) in [6.07, 6.45) is 0. The van der Waals surface area contributed by atoms with Gasteiger partial charge in [0, 0.05) is 11.1 Å². The van der Waals surface area contributed by atoms with Crippen molar-refractivity contribution in [2.24, 2.45) is 0 Å². The lowest BCUT2D eigenvalue weighted by atomic mass is 9.94. The SMILES string of the molecule is Cc1ccc(F)cc1C(=O)c1cccc(C)c1C. The van der Waals surface area contributed by atoms with Crippen molar-refractivity contribution in [1.82, 2.24) is 0 Å². The first-order valence-electron chi connectivity index (χ1n) is 5.88. The van der Waals surface area contributed by atoms with Crippen molar-refractivity contribution in [1.29, 1.82) is 0 Å². The quantitative estimate of drug-likeness (QED) is 0.728. The molecular weight excluding hydrogens is 227 g/mol. The molecule has 0 saturated carbocycles. The van der Waals surface area contributed by atoms with Crippen LogP contribution in [0.1, 0.15) is 32.6 Å². The number of hydrogen-bond donors (Lipinski definition) is 0. The lowest BCUT2D eigenvalue weighted by molar-refractivity contribution is 0.103. The van der Waals surface area contributed by atoms with Crippen LogP contribution in [0.4, 0.5) is 4.39 Å². The van der Waals surface area contributed by atoms with Gasteiger partial charge in [0.25, 0.3) is 0 Å². The zero-order valence-corrected chi connectivity index (χ0v) is 10.8. The van der Waals surface area contributed by atoms with Crippen LogP contribution in [0.25, 0.3) is 0 Å². The Kier molecular flexibility index (Phi) is 3.28. The van der Waals surface area contributed by atoms with Crippen LogP contribution in [0.15, 0.2) is 36.4 Å². The van der Waals surface area contributed by atoms with Gasteiger partial charge in [-0.2, -0.15) is 0 Å². The molecule has 2 rings (SSSR count). The van der Waals surface area contributed by atoms with Gasteiger partial charge in [-0.15, -0.1) is 0 Å². The normalized spacial score (nSPS) is 10.4. The van der Waals surface area contributed by atoms with E-state index in [0.29, 0.717) is 11.1 Å². The van der Waals surface area contributed by atoms with E-state index in [9.17, 15) is 9.18 Å². The third kappa shape index (κ3) is 2.19. The fourth-order valence-electron chi connectivity index (χ4n) is 1.98. The van der Waals surface area contributed by atoms with E-state index < -0.39 is 0 Å². The predicted molar refractivity (Wildman–Crippen MR) is 70.5 cm³/mol. The van der Waals surface area contributed by atoms with Crippen molar-refractivity contribution in [2.75, 3.05) is 0 Å². The van der Waals surface area contributed by atoms with Gasteiger partial charge in [-0.25, -0.2) is 4.39 Å². The molecule has 0 aromatic heterocycles. The van der Waals surface area contributed by atoms with Crippen molar-refractivity contribution in [3.63, 3.8) is 0 Å². The summed E-state index contributed by atoms with van der Waals surface area (Å²) in [5.41, 5.74) is 3.88. The number of hydrogen-bond acceptors (Lipinski definition) is 1. The van der Waals surface area contributed by atoms with Gasteiger partial charge in [0.1, 0.15) is 5.82 Å². The molecule has 18 heavy (non-hydrogen) atoms. The second-order valence-corrected chi connectivity index (χ2v) is 4.54. The molecular formula is C16H15FO. The maximum Gasteiger partial charge on any atom is 0.193 e. The van der Waals surface area contributed by atoms with E-state index in [4.69, 9.17) is 0 Å². The summed E-state index contributed by atoms with van der Waals surface area (Å²) in [5, 5.41) is 0. The molecule has 0 atom stereocenters. The summed E-state index contributed by atoms with van der Waals surface area (Å²) in [6, 6.07) is 9.91. The Morgan fingerprint density at radius 2 is 1.67 bits per heavy atom. The Balaban J connectivity index is 2.55. The van der Waals surface area contributed by atoms with Crippen LogP contribution in [0.5, 0.6) is 0 Å². The van der Waals surface area contributed by atoms with Crippen LogP contribution >= 0.6 is 0 Å². The minimum Gasteiger partial charge on any atom is -0.289 e. The van der Waals surface area contributed by atoms with Crippen molar-refractivity contribution in [3.05, 3.63) is 70.0 Å². The number of carbonyl (C=O) groups is 1. The lowest BCUT2D eigenvalue weighted by Gasteiger charge is -2.09. The van der Waals surface area contributed by atoms with Crippen molar-refractivity contribution in [3.8, 4) is 0 Å². The van der Waals surface area contributed by atoms with Gasteiger partial charge < -0.3 is 0 Å². The Hall–Kier alpha value is -1.96. The Labute approximate surface area is 106 Å². The lowest BCUT2D eigenvalue weighted by Crippen LogP contribution is -2.07. The van der Waals surface area contributed by atoms with Gasteiger partial charge >= 0.3 is 0 Å². The standard InChI is InChI=1S/C16H15FO/c1-10-5-4-6-14(12(10)3)16(18)15-9-13(17)8-7-11(15)2/h4-9H,1-3H3. The fraction of sp³-hybridized carbons (Fsp3) is 0.188. The molecule has 0 bridgehead atoms. The van der Waals surface area contributed by atoms with Crippen LogP contribution in [0.2, 0.25) is 0 Å². The highest BCUT2D eigenvalue weighted by molar-refractivity contribution is 6.10. The third-order valence-electron chi connectivity index (χ3n) is 3.29. The number of aryl methyl sites for hydroxylation is 2. The second kappa shape index (κ2) is 4.73. The number of halogens is 1. The highest BCUT2D eigenvalue weighted by Crippen LogP contribution is 2.20. The highest BCUT2D eigenvalue weighted by Gasteiger charge is 2.15. The van der Waals surface area contributed by atoms with Crippen LogP contribution in [-0.4, -0.2) is 5.78 Å². The molecule has 0 heterocycles. The maximum absolute atomic E-state index is 13.3. The molecule has 0 fully saturated rings. The molecule has 0 saturated heterocycles. The van der Waals surface area contributed by atoms with Gasteiger partial charge in [0.05, 0.1) is 0 Å². The summed E-state index contributed by atoms with van der Waals surface area (Å²) in [5.74, 6) is -0.498. The van der Waals surface area contributed by atoms with Crippen molar-refractivity contribution >= 4 is 5.78 Å². The van der Waals surface area contributed by atoms with Crippen LogP contribution < -0.4 is 0 Å². The summed E-state index contributed by atoms with van der Waals surface area (Å²) in [6.45, 7) is 5.69. The highest BCUT2D eigenvalue weighted by atomic mass is 19.1. The van der Waals surface area contributed by atoms with Crippen molar-refractivity contribution < 1.29 is 9.18 Å². The minimum atomic E-state index is -0.380. The average molecular weight is 242 g/mol. The first-order valence-corrected chi connectivity index (χ1v) is 5.88. The largest absolute Gasteiger partial charge is 0.289 e. The average Bonchev–Trinajstić information content (AvgIpc) is 2.35. The van der Waals surface area contributed by atoms with Crippen LogP contribution in [0, 0.1) is 26.6 Å². The molecule has 1 nitrogen and oxygen atoms in total. The van der Waals surface area contributed by atoms with Gasteiger partial charge in [0.2, 0.25) is 0 Å². The van der Waals surface area contributed by atoms with Gasteiger partial charge in [-0.3, -0.25) is 4.79 Å². The number of rotatable bonds is 2. The van der Waals surface area contributed by atoms with E-state index in [1.807, 2.05) is 32.9 Å². The number of benzene rings is 2. The molecule has 92 valence electrons. The molecule has 2 heteroatoms. The summed E-state index contributed by atoms with van der Waals surface area (Å²) >= 11 is 0. The second-order valence-electron chi connectivity index (χ2n) is 4.54. The first kappa shape index (κ1) is 12.5. The topological polar surface area (TPSA) is 17.1 Å². The smallest absolute Gasteiger partial charge is 0.193 e. The van der Waals surface area contributed by atoms with Gasteiger partial charge in [-0.05, 0) is 49.6 Å². The minimum absolute atomic E-state index is 0.117. The van der Waals surface area contributed by atoms with E-state index >= 15 is 0 Å². The fourth-order valence-corrected chi connectivity index (χ4v) is 1.98.